The van der Waals surface area contributed by atoms with E-state index in [2.05, 4.69) is 56.1 Å². The Morgan fingerprint density at radius 1 is 0.550 bits per heavy atom. The maximum absolute atomic E-state index is 14.3. The van der Waals surface area contributed by atoms with E-state index in [-0.39, 0.29) is 11.0 Å². The fourth-order valence-electron chi connectivity index (χ4n) is 6.12. The molecule has 0 spiro atoms. The average molecular weight is 530 g/mol. The predicted octanol–water partition coefficient (Wildman–Crippen LogP) is 10.7. The molecule has 0 aliphatic heterocycles. The van der Waals surface area contributed by atoms with Gasteiger partial charge in [0.15, 0.2) is 0 Å². The largest absolute Gasteiger partial charge is 0.418 e. The third-order valence-electron chi connectivity index (χ3n) is 7.99. The van der Waals surface area contributed by atoms with Crippen LogP contribution in [0.3, 0.4) is 0 Å². The molecule has 40 heavy (non-hydrogen) atoms. The molecule has 1 aliphatic rings. The SMILES string of the molecule is CC(C)(C)c1cc(-c2cc(-c3ccc4c(c3)-c3cccc5cccc-4c35)c(C(F)(F)F)cn2)cc2ccccc12. The Labute approximate surface area is 231 Å². The highest BCUT2D eigenvalue weighted by Gasteiger charge is 2.35. The summed E-state index contributed by atoms with van der Waals surface area (Å²) in [5.74, 6) is 0. The molecule has 5 aromatic carbocycles. The Bertz CT molecular complexity index is 1970. The molecule has 1 aromatic heterocycles. The van der Waals surface area contributed by atoms with E-state index >= 15 is 0 Å². The fourth-order valence-corrected chi connectivity index (χ4v) is 6.12. The molecular formula is C36H26F3N. The maximum atomic E-state index is 14.3. The van der Waals surface area contributed by atoms with Crippen molar-refractivity contribution in [1.29, 1.82) is 0 Å². The smallest absolute Gasteiger partial charge is 0.256 e. The first-order valence-electron chi connectivity index (χ1n) is 13.4. The van der Waals surface area contributed by atoms with E-state index in [4.69, 9.17) is 0 Å². The minimum atomic E-state index is -4.54. The van der Waals surface area contributed by atoms with Gasteiger partial charge in [0, 0.05) is 11.8 Å². The summed E-state index contributed by atoms with van der Waals surface area (Å²) in [7, 11) is 0. The molecule has 0 radical (unpaired) electrons. The molecule has 1 aliphatic carbocycles. The van der Waals surface area contributed by atoms with Crippen LogP contribution in [-0.2, 0) is 11.6 Å². The molecule has 0 atom stereocenters. The molecule has 196 valence electrons. The van der Waals surface area contributed by atoms with E-state index in [1.54, 1.807) is 12.1 Å². The van der Waals surface area contributed by atoms with Gasteiger partial charge < -0.3 is 0 Å². The number of halogens is 3. The highest BCUT2D eigenvalue weighted by Crippen LogP contribution is 2.49. The second kappa shape index (κ2) is 8.53. The van der Waals surface area contributed by atoms with Gasteiger partial charge >= 0.3 is 6.18 Å². The number of hydrogen-bond acceptors (Lipinski definition) is 1. The summed E-state index contributed by atoms with van der Waals surface area (Å²) in [5.41, 5.74) is 6.39. The molecule has 0 saturated carbocycles. The van der Waals surface area contributed by atoms with E-state index in [1.165, 1.54) is 0 Å². The summed E-state index contributed by atoms with van der Waals surface area (Å²) in [5, 5.41) is 4.45. The van der Waals surface area contributed by atoms with Crippen LogP contribution < -0.4 is 0 Å². The highest BCUT2D eigenvalue weighted by atomic mass is 19.4. The van der Waals surface area contributed by atoms with Gasteiger partial charge in [-0.05, 0) is 90.2 Å². The van der Waals surface area contributed by atoms with Crippen LogP contribution in [0, 0.1) is 0 Å². The minimum absolute atomic E-state index is 0.133. The van der Waals surface area contributed by atoms with Gasteiger partial charge in [0.25, 0.3) is 0 Å². The van der Waals surface area contributed by atoms with Crippen molar-refractivity contribution in [2.75, 3.05) is 0 Å². The topological polar surface area (TPSA) is 12.9 Å². The van der Waals surface area contributed by atoms with Crippen molar-refractivity contribution < 1.29 is 13.2 Å². The summed E-state index contributed by atoms with van der Waals surface area (Å²) in [6, 6.07) is 31.8. The Morgan fingerprint density at radius 2 is 1.25 bits per heavy atom. The Balaban J connectivity index is 1.44. The van der Waals surface area contributed by atoms with Crippen LogP contribution in [0.2, 0.25) is 0 Å². The molecule has 6 aromatic rings. The zero-order valence-electron chi connectivity index (χ0n) is 22.4. The van der Waals surface area contributed by atoms with E-state index in [1.807, 2.05) is 54.6 Å². The third kappa shape index (κ3) is 3.82. The van der Waals surface area contributed by atoms with E-state index < -0.39 is 11.7 Å². The molecule has 0 bridgehead atoms. The van der Waals surface area contributed by atoms with Crippen LogP contribution in [-0.4, -0.2) is 4.98 Å². The number of nitrogens with zero attached hydrogens (tertiary/aromatic N) is 1. The lowest BCUT2D eigenvalue weighted by molar-refractivity contribution is -0.137. The van der Waals surface area contributed by atoms with Gasteiger partial charge in [0.05, 0.1) is 11.3 Å². The van der Waals surface area contributed by atoms with Crippen LogP contribution in [0.4, 0.5) is 13.2 Å². The zero-order chi connectivity index (χ0) is 27.8. The lowest BCUT2D eigenvalue weighted by Crippen LogP contribution is -2.12. The molecule has 0 N–H and O–H groups in total. The number of fused-ring (bicyclic) bond motifs is 4. The van der Waals surface area contributed by atoms with E-state index in [0.717, 1.165) is 61.1 Å². The van der Waals surface area contributed by atoms with Crippen molar-refractivity contribution in [1.82, 2.24) is 4.98 Å². The molecule has 0 saturated heterocycles. The Morgan fingerprint density at radius 3 is 1.98 bits per heavy atom. The lowest BCUT2D eigenvalue weighted by atomic mass is 9.82. The number of pyridine rings is 1. The molecular weight excluding hydrogens is 503 g/mol. The van der Waals surface area contributed by atoms with Crippen LogP contribution in [0.5, 0.6) is 0 Å². The number of alkyl halides is 3. The molecule has 1 nitrogen and oxygen atoms in total. The molecule has 0 unspecified atom stereocenters. The second-order valence-electron chi connectivity index (χ2n) is 11.6. The first-order valence-corrected chi connectivity index (χ1v) is 13.4. The van der Waals surface area contributed by atoms with Gasteiger partial charge in [-0.1, -0.05) is 93.6 Å². The molecule has 0 amide bonds. The molecule has 1 heterocycles. The second-order valence-corrected chi connectivity index (χ2v) is 11.6. The van der Waals surface area contributed by atoms with Gasteiger partial charge in [-0.3, -0.25) is 4.98 Å². The van der Waals surface area contributed by atoms with E-state index in [9.17, 15) is 13.2 Å². The normalized spacial score (nSPS) is 12.8. The first kappa shape index (κ1) is 24.6. The summed E-state index contributed by atoms with van der Waals surface area (Å²) < 4.78 is 43.0. The highest BCUT2D eigenvalue weighted by molar-refractivity contribution is 6.15. The summed E-state index contributed by atoms with van der Waals surface area (Å²) in [6.07, 6.45) is -3.55. The van der Waals surface area contributed by atoms with Crippen LogP contribution >= 0.6 is 0 Å². The fraction of sp³-hybridized carbons (Fsp3) is 0.139. The summed E-state index contributed by atoms with van der Waals surface area (Å²) in [6.45, 7) is 6.44. The van der Waals surface area contributed by atoms with Crippen molar-refractivity contribution >= 4 is 21.5 Å². The van der Waals surface area contributed by atoms with Crippen molar-refractivity contribution in [3.8, 4) is 44.6 Å². The Hall–Kier alpha value is -4.44. The first-order chi connectivity index (χ1) is 19.1. The van der Waals surface area contributed by atoms with Crippen molar-refractivity contribution in [2.24, 2.45) is 0 Å². The molecule has 7 rings (SSSR count). The van der Waals surface area contributed by atoms with Crippen molar-refractivity contribution in [3.63, 3.8) is 0 Å². The van der Waals surface area contributed by atoms with Crippen LogP contribution in [0.1, 0.15) is 31.9 Å². The number of aromatic nitrogens is 1. The Kier molecular flexibility index (Phi) is 5.24. The maximum Gasteiger partial charge on any atom is 0.418 e. The van der Waals surface area contributed by atoms with Crippen molar-refractivity contribution in [2.45, 2.75) is 32.4 Å². The van der Waals surface area contributed by atoms with Gasteiger partial charge in [0.1, 0.15) is 0 Å². The number of hydrogen-bond donors (Lipinski definition) is 0. The van der Waals surface area contributed by atoms with Gasteiger partial charge in [-0.2, -0.15) is 13.2 Å². The predicted molar refractivity (Wildman–Crippen MR) is 158 cm³/mol. The molecule has 4 heteroatoms. The number of benzene rings is 5. The quantitative estimate of drug-likeness (QED) is 0.217. The van der Waals surface area contributed by atoms with Gasteiger partial charge in [-0.15, -0.1) is 0 Å². The zero-order valence-corrected chi connectivity index (χ0v) is 22.4. The summed E-state index contributed by atoms with van der Waals surface area (Å²) in [4.78, 5) is 4.35. The number of rotatable bonds is 2. The van der Waals surface area contributed by atoms with Gasteiger partial charge in [0.2, 0.25) is 0 Å². The van der Waals surface area contributed by atoms with Crippen LogP contribution in [0.25, 0.3) is 66.2 Å². The monoisotopic (exact) mass is 529 g/mol. The van der Waals surface area contributed by atoms with Crippen molar-refractivity contribution in [3.05, 3.63) is 114 Å². The minimum Gasteiger partial charge on any atom is -0.256 e. The average Bonchev–Trinajstić information content (AvgIpc) is 3.26. The van der Waals surface area contributed by atoms with E-state index in [0.29, 0.717) is 11.3 Å². The van der Waals surface area contributed by atoms with Gasteiger partial charge in [-0.25, -0.2) is 0 Å². The summed E-state index contributed by atoms with van der Waals surface area (Å²) >= 11 is 0. The third-order valence-corrected chi connectivity index (χ3v) is 7.99. The standard InChI is InChI=1S/C36H26F3N/c1-35(2,3)31-18-24(16-22-8-4-5-11-25(22)31)33-19-29(32(20-40-33)36(37,38)39)23-14-15-26-27-12-6-9-21-10-7-13-28(34(21)27)30(26)17-23/h4-20H,1-3H3. The van der Waals surface area contributed by atoms with Crippen LogP contribution in [0.15, 0.2) is 103 Å². The lowest BCUT2D eigenvalue weighted by Gasteiger charge is -2.23. The molecule has 0 fully saturated rings.